The molecule has 0 aliphatic carbocycles. The van der Waals surface area contributed by atoms with E-state index in [1.807, 2.05) is 0 Å². The normalized spacial score (nSPS) is 17.4. The van der Waals surface area contributed by atoms with E-state index in [1.165, 1.54) is 36.0 Å². The Morgan fingerprint density at radius 1 is 0.971 bits per heavy atom. The van der Waals surface area contributed by atoms with E-state index in [0.717, 1.165) is 11.3 Å². The van der Waals surface area contributed by atoms with E-state index in [4.69, 9.17) is 4.42 Å². The van der Waals surface area contributed by atoms with Gasteiger partial charge in [0.1, 0.15) is 17.3 Å². The standard InChI is InChI=1S/C24H19FN4O4S/c25-17-3-1-16(2-4-17)21-10-9-20(33-21)15-22-23(30)26-24(34-22)28-13-11-27(12-14-28)18-5-7-19(8-6-18)29(31)32/h1-10,15H,11-14H2/b22-15-. The maximum Gasteiger partial charge on any atom is 0.286 e. The number of hydrogen-bond donors (Lipinski definition) is 0. The van der Waals surface area contributed by atoms with Gasteiger partial charge in [0.05, 0.1) is 9.83 Å². The molecule has 1 amide bonds. The van der Waals surface area contributed by atoms with E-state index in [9.17, 15) is 19.3 Å². The lowest BCUT2D eigenvalue weighted by atomic mass is 10.2. The highest BCUT2D eigenvalue weighted by atomic mass is 32.2. The molecule has 8 nitrogen and oxygen atoms in total. The van der Waals surface area contributed by atoms with Gasteiger partial charge in [-0.2, -0.15) is 4.99 Å². The second-order valence-electron chi connectivity index (χ2n) is 7.77. The van der Waals surface area contributed by atoms with Crippen LogP contribution in [0, 0.1) is 15.9 Å². The van der Waals surface area contributed by atoms with Gasteiger partial charge in [0.25, 0.3) is 11.6 Å². The predicted molar refractivity (Wildman–Crippen MR) is 129 cm³/mol. The number of carbonyl (C=O) groups is 1. The van der Waals surface area contributed by atoms with Crippen LogP contribution in [0.15, 0.2) is 75.0 Å². The number of piperazine rings is 1. The number of anilines is 1. The molecular formula is C24H19FN4O4S. The van der Waals surface area contributed by atoms with Crippen molar-refractivity contribution in [1.29, 1.82) is 0 Å². The van der Waals surface area contributed by atoms with E-state index in [1.54, 1.807) is 42.5 Å². The van der Waals surface area contributed by atoms with Crippen molar-refractivity contribution in [2.45, 2.75) is 0 Å². The number of nitrogens with zero attached hydrogens (tertiary/aromatic N) is 4. The third-order valence-corrected chi connectivity index (χ3v) is 6.66. The number of thioether (sulfide) groups is 1. The predicted octanol–water partition coefficient (Wildman–Crippen LogP) is 4.79. The summed E-state index contributed by atoms with van der Waals surface area (Å²) in [6.45, 7) is 2.78. The van der Waals surface area contributed by atoms with Gasteiger partial charge in [-0.15, -0.1) is 0 Å². The van der Waals surface area contributed by atoms with Crippen LogP contribution in [-0.2, 0) is 4.79 Å². The monoisotopic (exact) mass is 478 g/mol. The first-order chi connectivity index (χ1) is 16.5. The molecular weight excluding hydrogens is 459 g/mol. The summed E-state index contributed by atoms with van der Waals surface area (Å²) in [5.74, 6) is 0.488. The molecule has 0 saturated carbocycles. The van der Waals surface area contributed by atoms with Crippen LogP contribution in [0.2, 0.25) is 0 Å². The Morgan fingerprint density at radius 2 is 1.65 bits per heavy atom. The molecule has 34 heavy (non-hydrogen) atoms. The van der Waals surface area contributed by atoms with Crippen molar-refractivity contribution < 1.29 is 18.5 Å². The zero-order chi connectivity index (χ0) is 23.7. The Morgan fingerprint density at radius 3 is 2.32 bits per heavy atom. The van der Waals surface area contributed by atoms with Gasteiger partial charge >= 0.3 is 0 Å². The number of aliphatic imine (C=N–C) groups is 1. The van der Waals surface area contributed by atoms with Gasteiger partial charge in [0.2, 0.25) is 0 Å². The fourth-order valence-corrected chi connectivity index (χ4v) is 4.75. The molecule has 1 aromatic heterocycles. The summed E-state index contributed by atoms with van der Waals surface area (Å²) in [6.07, 6.45) is 1.67. The van der Waals surface area contributed by atoms with Crippen molar-refractivity contribution in [2.24, 2.45) is 4.99 Å². The molecule has 5 rings (SSSR count). The Balaban J connectivity index is 1.21. The topological polar surface area (TPSA) is 92.2 Å². The second kappa shape index (κ2) is 9.14. The summed E-state index contributed by atoms with van der Waals surface area (Å²) in [6, 6.07) is 16.1. The molecule has 0 bridgehead atoms. The van der Waals surface area contributed by atoms with Crippen molar-refractivity contribution in [3.05, 3.63) is 87.3 Å². The number of nitro groups is 1. The molecule has 3 aromatic rings. The lowest BCUT2D eigenvalue weighted by Gasteiger charge is -2.36. The van der Waals surface area contributed by atoms with Gasteiger partial charge in [-0.1, -0.05) is 0 Å². The number of non-ortho nitro benzene ring substituents is 1. The molecule has 1 fully saturated rings. The van der Waals surface area contributed by atoms with Gasteiger partial charge in [-0.05, 0) is 60.3 Å². The zero-order valence-corrected chi connectivity index (χ0v) is 18.7. The number of furan rings is 1. The fraction of sp³-hybridized carbons (Fsp3) is 0.167. The summed E-state index contributed by atoms with van der Waals surface area (Å²) in [5.41, 5.74) is 1.75. The van der Waals surface area contributed by atoms with Crippen LogP contribution in [0.3, 0.4) is 0 Å². The smallest absolute Gasteiger partial charge is 0.286 e. The zero-order valence-electron chi connectivity index (χ0n) is 17.9. The van der Waals surface area contributed by atoms with Crippen molar-refractivity contribution in [2.75, 3.05) is 31.1 Å². The molecule has 0 atom stereocenters. The Hall–Kier alpha value is -3.92. The number of halogens is 1. The van der Waals surface area contributed by atoms with Gasteiger partial charge in [-0.3, -0.25) is 14.9 Å². The van der Waals surface area contributed by atoms with E-state index in [-0.39, 0.29) is 17.4 Å². The fourth-order valence-electron chi connectivity index (χ4n) is 3.80. The number of rotatable bonds is 4. The van der Waals surface area contributed by atoms with Crippen molar-refractivity contribution >= 4 is 40.3 Å². The van der Waals surface area contributed by atoms with Crippen LogP contribution in [0.5, 0.6) is 0 Å². The summed E-state index contributed by atoms with van der Waals surface area (Å²) in [7, 11) is 0. The Kier molecular flexibility index (Phi) is 5.89. The Bertz CT molecular complexity index is 1290. The molecule has 1 saturated heterocycles. The van der Waals surface area contributed by atoms with Crippen LogP contribution in [0.25, 0.3) is 17.4 Å². The minimum Gasteiger partial charge on any atom is -0.457 e. The van der Waals surface area contributed by atoms with Crippen LogP contribution in [0.4, 0.5) is 15.8 Å². The summed E-state index contributed by atoms with van der Waals surface area (Å²) in [5, 5.41) is 11.5. The molecule has 0 spiro atoms. The third kappa shape index (κ3) is 4.58. The van der Waals surface area contributed by atoms with Crippen LogP contribution in [-0.4, -0.2) is 47.1 Å². The molecule has 0 N–H and O–H groups in total. The average molecular weight is 479 g/mol. The van der Waals surface area contributed by atoms with Crippen LogP contribution < -0.4 is 4.90 Å². The summed E-state index contributed by atoms with van der Waals surface area (Å²) < 4.78 is 18.9. The molecule has 172 valence electrons. The third-order valence-electron chi connectivity index (χ3n) is 5.61. The lowest BCUT2D eigenvalue weighted by Crippen LogP contribution is -2.47. The van der Waals surface area contributed by atoms with Gasteiger partial charge in [0, 0.05) is 55.6 Å². The maximum atomic E-state index is 13.1. The van der Waals surface area contributed by atoms with E-state index < -0.39 is 4.92 Å². The highest BCUT2D eigenvalue weighted by molar-refractivity contribution is 8.18. The number of amides is 1. The highest BCUT2D eigenvalue weighted by Crippen LogP contribution is 2.32. The molecule has 10 heteroatoms. The van der Waals surface area contributed by atoms with Gasteiger partial charge < -0.3 is 14.2 Å². The first kappa shape index (κ1) is 21.9. The maximum absolute atomic E-state index is 13.1. The number of amidine groups is 1. The minimum absolute atomic E-state index is 0.0678. The molecule has 3 heterocycles. The van der Waals surface area contributed by atoms with Crippen molar-refractivity contribution in [3.8, 4) is 11.3 Å². The summed E-state index contributed by atoms with van der Waals surface area (Å²) in [4.78, 5) is 31.8. The van der Waals surface area contributed by atoms with E-state index in [0.29, 0.717) is 47.8 Å². The lowest BCUT2D eigenvalue weighted by molar-refractivity contribution is -0.384. The van der Waals surface area contributed by atoms with Crippen LogP contribution in [0.1, 0.15) is 5.76 Å². The number of nitro benzene ring substituents is 1. The largest absolute Gasteiger partial charge is 0.457 e. The first-order valence-electron chi connectivity index (χ1n) is 10.6. The second-order valence-corrected chi connectivity index (χ2v) is 8.78. The molecule has 0 radical (unpaired) electrons. The van der Waals surface area contributed by atoms with Gasteiger partial charge in [0.15, 0.2) is 5.17 Å². The highest BCUT2D eigenvalue weighted by Gasteiger charge is 2.29. The average Bonchev–Trinajstić information content (AvgIpc) is 3.47. The summed E-state index contributed by atoms with van der Waals surface area (Å²) >= 11 is 1.31. The molecule has 2 aliphatic heterocycles. The quantitative estimate of drug-likeness (QED) is 0.303. The van der Waals surface area contributed by atoms with E-state index >= 15 is 0 Å². The van der Waals surface area contributed by atoms with Crippen LogP contribution >= 0.6 is 11.8 Å². The molecule has 2 aromatic carbocycles. The van der Waals surface area contributed by atoms with Gasteiger partial charge in [-0.25, -0.2) is 4.39 Å². The first-order valence-corrected chi connectivity index (χ1v) is 11.4. The number of benzene rings is 2. The van der Waals surface area contributed by atoms with Crippen molar-refractivity contribution in [1.82, 2.24) is 4.90 Å². The molecule has 2 aliphatic rings. The van der Waals surface area contributed by atoms with E-state index in [2.05, 4.69) is 14.8 Å². The minimum atomic E-state index is -0.411. The Labute approximate surface area is 198 Å². The molecule has 0 unspecified atom stereocenters. The SMILES string of the molecule is O=C1N=C(N2CCN(c3ccc([N+](=O)[O-])cc3)CC2)S/C1=C\c1ccc(-c2ccc(F)cc2)o1. The number of hydrogen-bond acceptors (Lipinski definition) is 7. The number of carbonyl (C=O) groups excluding carboxylic acids is 1. The van der Waals surface area contributed by atoms with Crippen molar-refractivity contribution in [3.63, 3.8) is 0 Å².